The maximum atomic E-state index is 12.3. The molecule has 0 radical (unpaired) electrons. The van der Waals surface area contributed by atoms with Crippen LogP contribution in [0.25, 0.3) is 0 Å². The molecule has 0 aliphatic heterocycles. The highest BCUT2D eigenvalue weighted by Gasteiger charge is 2.19. The predicted molar refractivity (Wildman–Crippen MR) is 115 cm³/mol. The monoisotopic (exact) mass is 391 g/mol. The van der Waals surface area contributed by atoms with Crippen LogP contribution < -0.4 is 4.74 Å². The molecule has 4 heteroatoms. The zero-order valence-electron chi connectivity index (χ0n) is 17.4. The lowest BCUT2D eigenvalue weighted by Gasteiger charge is -2.24. The Kier molecular flexibility index (Phi) is 7.12. The summed E-state index contributed by atoms with van der Waals surface area (Å²) in [7, 11) is 0. The normalized spacial score (nSPS) is 12.0. The Morgan fingerprint density at radius 1 is 1.00 bits per heavy atom. The average molecular weight is 392 g/mol. The van der Waals surface area contributed by atoms with Gasteiger partial charge in [0.25, 0.3) is 0 Å². The van der Waals surface area contributed by atoms with Gasteiger partial charge >= 0.3 is 0 Å². The minimum Gasteiger partial charge on any atom is -0.491 e. The van der Waals surface area contributed by atoms with Crippen LogP contribution in [-0.4, -0.2) is 23.5 Å². The van der Waals surface area contributed by atoms with Gasteiger partial charge < -0.3 is 14.1 Å². The summed E-state index contributed by atoms with van der Waals surface area (Å²) in [4.78, 5) is 14.2. The van der Waals surface area contributed by atoms with Gasteiger partial charge in [-0.1, -0.05) is 42.5 Å². The number of carbonyl (C=O) groups is 1. The molecule has 0 aliphatic rings. The van der Waals surface area contributed by atoms with E-state index in [9.17, 15) is 4.79 Å². The van der Waals surface area contributed by atoms with E-state index in [0.717, 1.165) is 23.5 Å². The first-order chi connectivity index (χ1) is 14.0. The fourth-order valence-corrected chi connectivity index (χ4v) is 3.45. The predicted octanol–water partition coefficient (Wildman–Crippen LogP) is 5.64. The quantitative estimate of drug-likeness (QED) is 0.474. The van der Waals surface area contributed by atoms with Crippen molar-refractivity contribution in [3.8, 4) is 5.75 Å². The molecule has 3 aromatic rings. The van der Waals surface area contributed by atoms with Crippen LogP contribution in [0, 0.1) is 0 Å². The van der Waals surface area contributed by atoms with E-state index in [1.54, 1.807) is 13.2 Å². The third kappa shape index (κ3) is 5.98. The first kappa shape index (κ1) is 20.7. The first-order valence-electron chi connectivity index (χ1n) is 10.1. The van der Waals surface area contributed by atoms with Gasteiger partial charge in [-0.3, -0.25) is 4.79 Å². The molecule has 1 atom stereocenters. The molecule has 0 aliphatic carbocycles. The van der Waals surface area contributed by atoms with Crippen molar-refractivity contribution in [2.24, 2.45) is 0 Å². The number of benzene rings is 2. The molecule has 0 unspecified atom stereocenters. The van der Waals surface area contributed by atoms with Crippen molar-refractivity contribution in [3.05, 3.63) is 89.9 Å². The molecule has 0 spiro atoms. The van der Waals surface area contributed by atoms with E-state index < -0.39 is 0 Å². The van der Waals surface area contributed by atoms with E-state index in [0.29, 0.717) is 13.1 Å². The SMILES string of the molecule is CC(=O)N(CC[C@H](c1ccccc1)c1ccco1)Cc1ccc(OC(C)C)cc1. The van der Waals surface area contributed by atoms with Crippen molar-refractivity contribution >= 4 is 5.91 Å². The molecule has 29 heavy (non-hydrogen) atoms. The maximum absolute atomic E-state index is 12.3. The summed E-state index contributed by atoms with van der Waals surface area (Å²) in [6, 6.07) is 22.2. The molecule has 1 heterocycles. The fraction of sp³-hybridized carbons (Fsp3) is 0.320. The number of hydrogen-bond acceptors (Lipinski definition) is 3. The van der Waals surface area contributed by atoms with Crippen LogP contribution in [0.15, 0.2) is 77.4 Å². The number of ether oxygens (including phenoxy) is 1. The second kappa shape index (κ2) is 9.97. The first-order valence-corrected chi connectivity index (χ1v) is 10.1. The Hall–Kier alpha value is -3.01. The third-order valence-electron chi connectivity index (χ3n) is 4.89. The highest BCUT2D eigenvalue weighted by molar-refractivity contribution is 5.73. The Labute approximate surface area is 173 Å². The van der Waals surface area contributed by atoms with Crippen LogP contribution in [0.1, 0.15) is 50.0 Å². The van der Waals surface area contributed by atoms with Crippen LogP contribution >= 0.6 is 0 Å². The largest absolute Gasteiger partial charge is 0.491 e. The van der Waals surface area contributed by atoms with Crippen LogP contribution in [0.4, 0.5) is 0 Å². The fourth-order valence-electron chi connectivity index (χ4n) is 3.45. The molecule has 4 nitrogen and oxygen atoms in total. The number of hydrogen-bond donors (Lipinski definition) is 0. The van der Waals surface area contributed by atoms with Gasteiger partial charge in [0.1, 0.15) is 11.5 Å². The molecule has 2 aromatic carbocycles. The van der Waals surface area contributed by atoms with Crippen LogP contribution in [0.2, 0.25) is 0 Å². The van der Waals surface area contributed by atoms with Gasteiger partial charge in [0.05, 0.1) is 12.4 Å². The van der Waals surface area contributed by atoms with Gasteiger partial charge in [-0.2, -0.15) is 0 Å². The molecule has 0 fully saturated rings. The van der Waals surface area contributed by atoms with Crippen molar-refractivity contribution < 1.29 is 13.9 Å². The second-order valence-electron chi connectivity index (χ2n) is 7.52. The van der Waals surface area contributed by atoms with E-state index >= 15 is 0 Å². The van der Waals surface area contributed by atoms with Gasteiger partial charge in [0.2, 0.25) is 5.91 Å². The number of rotatable bonds is 9. The molecule has 1 amide bonds. The number of nitrogens with zero attached hydrogens (tertiary/aromatic N) is 1. The molecular weight excluding hydrogens is 362 g/mol. The molecule has 0 saturated carbocycles. The smallest absolute Gasteiger partial charge is 0.219 e. The zero-order valence-corrected chi connectivity index (χ0v) is 17.4. The average Bonchev–Trinajstić information content (AvgIpc) is 3.23. The topological polar surface area (TPSA) is 42.7 Å². The Morgan fingerprint density at radius 3 is 2.31 bits per heavy atom. The Morgan fingerprint density at radius 2 is 1.72 bits per heavy atom. The van der Waals surface area contributed by atoms with Gasteiger partial charge in [0.15, 0.2) is 0 Å². The molecule has 0 bridgehead atoms. The van der Waals surface area contributed by atoms with Crippen LogP contribution in [-0.2, 0) is 11.3 Å². The van der Waals surface area contributed by atoms with Crippen molar-refractivity contribution in [1.82, 2.24) is 4.90 Å². The summed E-state index contributed by atoms with van der Waals surface area (Å²) in [5.74, 6) is 1.96. The minimum atomic E-state index is 0.0683. The molecule has 0 saturated heterocycles. The van der Waals surface area contributed by atoms with Crippen molar-refractivity contribution in [3.63, 3.8) is 0 Å². The van der Waals surface area contributed by atoms with E-state index in [4.69, 9.17) is 9.15 Å². The summed E-state index contributed by atoms with van der Waals surface area (Å²) in [5.41, 5.74) is 2.28. The van der Waals surface area contributed by atoms with Gasteiger partial charge in [0, 0.05) is 25.9 Å². The molecule has 1 aromatic heterocycles. The standard InChI is InChI=1S/C25H29NO3/c1-19(2)29-23-13-11-21(12-14-23)18-26(20(3)27)16-15-24(25-10-7-17-28-25)22-8-5-4-6-9-22/h4-14,17,19,24H,15-16,18H2,1-3H3/t24-/m1/s1. The van der Waals surface area contributed by atoms with Gasteiger partial charge in [-0.05, 0) is 55.7 Å². The third-order valence-corrected chi connectivity index (χ3v) is 4.89. The van der Waals surface area contributed by atoms with Crippen molar-refractivity contribution in [1.29, 1.82) is 0 Å². The highest BCUT2D eigenvalue weighted by atomic mass is 16.5. The highest BCUT2D eigenvalue weighted by Crippen LogP contribution is 2.29. The van der Waals surface area contributed by atoms with E-state index in [1.165, 1.54) is 5.56 Å². The van der Waals surface area contributed by atoms with E-state index in [2.05, 4.69) is 12.1 Å². The lowest BCUT2D eigenvalue weighted by molar-refractivity contribution is -0.129. The molecule has 152 valence electrons. The van der Waals surface area contributed by atoms with Crippen LogP contribution in [0.5, 0.6) is 5.75 Å². The Bertz CT molecular complexity index is 870. The van der Waals surface area contributed by atoms with Gasteiger partial charge in [-0.25, -0.2) is 0 Å². The number of furan rings is 1. The number of carbonyl (C=O) groups excluding carboxylic acids is 1. The minimum absolute atomic E-state index is 0.0683. The lowest BCUT2D eigenvalue weighted by Crippen LogP contribution is -2.30. The van der Waals surface area contributed by atoms with Gasteiger partial charge in [-0.15, -0.1) is 0 Å². The number of amides is 1. The van der Waals surface area contributed by atoms with Crippen molar-refractivity contribution in [2.75, 3.05) is 6.54 Å². The molecule has 0 N–H and O–H groups in total. The van der Waals surface area contributed by atoms with E-state index in [1.807, 2.05) is 73.3 Å². The maximum Gasteiger partial charge on any atom is 0.219 e. The zero-order chi connectivity index (χ0) is 20.6. The van der Waals surface area contributed by atoms with Crippen molar-refractivity contribution in [2.45, 2.75) is 45.8 Å². The van der Waals surface area contributed by atoms with E-state index in [-0.39, 0.29) is 17.9 Å². The Balaban J connectivity index is 1.68. The summed E-state index contributed by atoms with van der Waals surface area (Å²) < 4.78 is 11.4. The summed E-state index contributed by atoms with van der Waals surface area (Å²) in [5, 5.41) is 0. The molecular formula is C25H29NO3. The van der Waals surface area contributed by atoms with Crippen LogP contribution in [0.3, 0.4) is 0 Å². The molecule has 3 rings (SSSR count). The summed E-state index contributed by atoms with van der Waals surface area (Å²) >= 11 is 0. The summed E-state index contributed by atoms with van der Waals surface area (Å²) in [6.07, 6.45) is 2.64. The lowest BCUT2D eigenvalue weighted by atomic mass is 9.93. The summed E-state index contributed by atoms with van der Waals surface area (Å²) in [6.45, 7) is 6.87. The second-order valence-corrected chi connectivity index (χ2v) is 7.52.